The first kappa shape index (κ1) is 46.8. The zero-order chi connectivity index (χ0) is 91.5. The van der Waals surface area contributed by atoms with Crippen LogP contribution in [0, 0.1) is 27.7 Å². The maximum absolute atomic E-state index is 9.24. The Labute approximate surface area is 672 Å². The maximum atomic E-state index is 9.24. The Morgan fingerprint density at radius 3 is 0.741 bits per heavy atom. The smallest absolute Gasteiger partial charge is 0.143 e. The molecule has 24 aromatic rings. The van der Waals surface area contributed by atoms with E-state index >= 15 is 0 Å². The lowest BCUT2D eigenvalue weighted by atomic mass is 9.81. The van der Waals surface area contributed by atoms with Gasteiger partial charge in [0.15, 0.2) is 0 Å². The Balaban J connectivity index is 0.000000154. The van der Waals surface area contributed by atoms with Crippen LogP contribution in [0.1, 0.15) is 49.7 Å². The highest BCUT2D eigenvalue weighted by atomic mass is 16.3. The van der Waals surface area contributed by atoms with Crippen LogP contribution in [-0.2, 0) is 0 Å². The van der Waals surface area contributed by atoms with E-state index in [9.17, 15) is 5.48 Å². The van der Waals surface area contributed by atoms with E-state index in [1.54, 1.807) is 48.5 Å². The lowest BCUT2D eigenvalue weighted by Crippen LogP contribution is -1.96. The fraction of sp³-hybridized carbons (Fsp3) is 0.0370. The molecule has 112 heavy (non-hydrogen) atoms. The Bertz CT molecular complexity index is 8640. The molecule has 24 rings (SSSR count). The van der Waals surface area contributed by atoms with E-state index in [1.165, 1.54) is 89.3 Å². The summed E-state index contributed by atoms with van der Waals surface area (Å²) in [6.45, 7) is 8.94. The Hall–Kier alpha value is -14.3. The molecule has 4 heteroatoms. The molecule has 0 bridgehead atoms. The number of rotatable bonds is 8. The molecule has 0 aliphatic rings. The van der Waals surface area contributed by atoms with Gasteiger partial charge in [-0.3, -0.25) is 0 Å². The topological polar surface area (TPSA) is 52.6 Å². The molecule has 0 N–H and O–H groups in total. The van der Waals surface area contributed by atoms with E-state index in [2.05, 4.69) is 185 Å². The molecule has 0 unspecified atom stereocenters. The number of fused-ring (bicyclic) bond motifs is 16. The van der Waals surface area contributed by atoms with E-state index in [0.717, 1.165) is 65.8 Å². The molecule has 4 nitrogen and oxygen atoms in total. The molecule has 0 aliphatic carbocycles. The minimum absolute atomic E-state index is 0.0809. The average molecular weight is 1450 g/mol. The predicted octanol–water partition coefficient (Wildman–Crippen LogP) is 31.3. The summed E-state index contributed by atoms with van der Waals surface area (Å²) in [4.78, 5) is 0. The van der Waals surface area contributed by atoms with Crippen molar-refractivity contribution in [2.45, 2.75) is 27.7 Å². The van der Waals surface area contributed by atoms with Crippen molar-refractivity contribution < 1.29 is 45.1 Å². The number of benzene rings is 20. The highest BCUT2D eigenvalue weighted by Crippen LogP contribution is 2.55. The van der Waals surface area contributed by atoms with Crippen LogP contribution >= 0.6 is 0 Å². The lowest BCUT2D eigenvalue weighted by molar-refractivity contribution is 0.672. The van der Waals surface area contributed by atoms with Crippen LogP contribution in [0.3, 0.4) is 0 Å². The quantitative estimate of drug-likeness (QED) is 0.142. The summed E-state index contributed by atoms with van der Waals surface area (Å²) in [6, 6.07) is 62.8. The highest BCUT2D eigenvalue weighted by molar-refractivity contribution is 6.41. The first-order valence-electron chi connectivity index (χ1n) is 47.0. The standard InChI is InChI=1S/C56H38O2.C52H30O2/c1-31-13-11-14-32(2)51(31)41-29-47-54-44(28-46-40-24-22-38(26-50(40)57-55(46)47)36-19-9-6-10-20-36)42(52-33(3)15-12-16-34(52)4)30-48-53(54)43(41)27-45-39-23-21-37(25-49(39)58-56(45)48)35-17-7-5-8-18-35;1-5-13-31(14-6-1)35-21-23-37-43-29-41-40(34-19-11-4-12-20-34)28-46-50-42(30-44-38-24-22-36(26-48(38)54-52(44)46)32-15-7-2-8-16-32)39(33-17-9-3-10-18-33)27-45(49(41)50)51(43)53-47(37)25-35/h5-30H,1-4H3;1-30H/i;1D,2D,3D,4D,5D,6D,7D,8D,9D,10D,11D,12D,13D,14D,15D,16D,17D,18D,19D,20D. The lowest BCUT2D eigenvalue weighted by Gasteiger charge is -2.21. The molecule has 524 valence electrons. The van der Waals surface area contributed by atoms with Crippen molar-refractivity contribution in [2.24, 2.45) is 0 Å². The fourth-order valence-corrected chi connectivity index (χ4v) is 17.9. The maximum Gasteiger partial charge on any atom is 0.143 e. The van der Waals surface area contributed by atoms with Crippen LogP contribution in [0.25, 0.3) is 241 Å². The Morgan fingerprint density at radius 1 is 0.188 bits per heavy atom. The molecule has 0 spiro atoms. The Morgan fingerprint density at radius 2 is 0.446 bits per heavy atom. The molecule has 0 saturated heterocycles. The monoisotopic (exact) mass is 1450 g/mol. The first-order chi connectivity index (χ1) is 63.5. The van der Waals surface area contributed by atoms with Crippen molar-refractivity contribution in [3.63, 3.8) is 0 Å². The van der Waals surface area contributed by atoms with Gasteiger partial charge in [0.25, 0.3) is 0 Å². The zero-order valence-electron chi connectivity index (χ0n) is 80.4. The minimum Gasteiger partial charge on any atom is -0.455 e. The SMILES string of the molecule is Cc1cccc(C)c1-c1cc2c3oc4cc(-c5ccccc5)ccc4c3cc3c(-c4c(C)cccc4C)cc4c5oc6cc(-c7ccccc7)ccc6c5cc1c4c32.[2H]c1c([2H])c([2H])c(-c2ccc3c(c2)oc2c3cc3c(-c4c([2H])c([2H])c([2H])c([2H])c4[2H])cc4c5oc6cc(-c7c([2H])c([2H])c([2H])c([2H])c7[2H])ccc6c5cc5c(-c6c([2H])c([2H])c([2H])c([2H])c6[2H])cc2c3c54)c([2H])c1[2H]. The van der Waals surface area contributed by atoms with Crippen molar-refractivity contribution in [2.75, 3.05) is 0 Å². The molecule has 4 heterocycles. The van der Waals surface area contributed by atoms with Gasteiger partial charge in [-0.1, -0.05) is 242 Å². The van der Waals surface area contributed by atoms with Gasteiger partial charge in [-0.2, -0.15) is 0 Å². The number of furan rings is 4. The third-order valence-corrected chi connectivity index (χ3v) is 22.8. The zero-order valence-corrected chi connectivity index (χ0v) is 60.4. The highest BCUT2D eigenvalue weighted by Gasteiger charge is 2.29. The number of aryl methyl sites for hydroxylation is 4. The average Bonchev–Trinajstić information content (AvgIpc) is 1.40. The van der Waals surface area contributed by atoms with Gasteiger partial charge in [0.2, 0.25) is 0 Å². The molecule has 0 radical (unpaired) electrons. The summed E-state index contributed by atoms with van der Waals surface area (Å²) in [6.07, 6.45) is 0. The molecule has 0 aliphatic heterocycles. The van der Waals surface area contributed by atoms with E-state index in [-0.39, 0.29) is 66.8 Å². The van der Waals surface area contributed by atoms with Crippen LogP contribution in [-0.4, -0.2) is 0 Å². The van der Waals surface area contributed by atoms with Crippen LogP contribution in [0.4, 0.5) is 0 Å². The van der Waals surface area contributed by atoms with E-state index in [1.807, 2.05) is 0 Å². The van der Waals surface area contributed by atoms with E-state index in [4.69, 9.17) is 39.6 Å². The van der Waals surface area contributed by atoms with Gasteiger partial charge in [-0.25, -0.2) is 0 Å². The van der Waals surface area contributed by atoms with Gasteiger partial charge in [0, 0.05) is 86.2 Å². The van der Waals surface area contributed by atoms with Crippen molar-refractivity contribution in [1.29, 1.82) is 0 Å². The van der Waals surface area contributed by atoms with Gasteiger partial charge >= 0.3 is 0 Å². The summed E-state index contributed by atoms with van der Waals surface area (Å²) in [5, 5.41) is 15.5. The molecule has 0 atom stereocenters. The third kappa shape index (κ3) is 9.68. The number of hydrogen-bond acceptors (Lipinski definition) is 4. The summed E-state index contributed by atoms with van der Waals surface area (Å²) >= 11 is 0. The normalized spacial score (nSPS) is 14.6. The van der Waals surface area contributed by atoms with Gasteiger partial charge in [0.05, 0.1) is 27.4 Å². The molecule has 4 aromatic heterocycles. The largest absolute Gasteiger partial charge is 0.455 e. The first-order valence-corrected chi connectivity index (χ1v) is 37.0. The van der Waals surface area contributed by atoms with Crippen LogP contribution in [0.15, 0.2) is 357 Å². The van der Waals surface area contributed by atoms with E-state index in [0.29, 0.717) is 53.9 Å². The second-order valence-corrected chi connectivity index (χ2v) is 29.1. The second kappa shape index (κ2) is 24.6. The van der Waals surface area contributed by atoms with Crippen molar-refractivity contribution >= 4 is 152 Å². The number of hydrogen-bond donors (Lipinski definition) is 0. The van der Waals surface area contributed by atoms with Crippen LogP contribution in [0.5, 0.6) is 0 Å². The van der Waals surface area contributed by atoms with Crippen molar-refractivity contribution in [3.8, 4) is 89.0 Å². The van der Waals surface area contributed by atoms with Gasteiger partial charge in [0.1, 0.15) is 44.7 Å². The molecule has 0 fully saturated rings. The summed E-state index contributed by atoms with van der Waals surface area (Å²) in [5.74, 6) is 0. The third-order valence-electron chi connectivity index (χ3n) is 22.8. The minimum atomic E-state index is -0.628. The van der Waals surface area contributed by atoms with Crippen LogP contribution in [0.2, 0.25) is 0 Å². The second-order valence-electron chi connectivity index (χ2n) is 29.1. The Kier molecular flexibility index (Phi) is 10.3. The van der Waals surface area contributed by atoms with Gasteiger partial charge in [-0.05, 0) is 258 Å². The predicted molar refractivity (Wildman–Crippen MR) is 472 cm³/mol. The van der Waals surface area contributed by atoms with Gasteiger partial charge < -0.3 is 17.7 Å². The van der Waals surface area contributed by atoms with Crippen molar-refractivity contribution in [3.05, 3.63) is 361 Å². The molecule has 20 aromatic carbocycles. The van der Waals surface area contributed by atoms with Crippen LogP contribution < -0.4 is 0 Å². The molecule has 0 amide bonds. The molecular formula is C108H68O4. The summed E-state index contributed by atoms with van der Waals surface area (Å²) in [7, 11) is 0. The van der Waals surface area contributed by atoms with E-state index < -0.39 is 121 Å². The van der Waals surface area contributed by atoms with Crippen molar-refractivity contribution in [1.82, 2.24) is 0 Å². The summed E-state index contributed by atoms with van der Waals surface area (Å²) in [5.41, 5.74) is 19.3. The fourth-order valence-electron chi connectivity index (χ4n) is 17.9. The van der Waals surface area contributed by atoms with Gasteiger partial charge in [-0.15, -0.1) is 0 Å². The molecule has 0 saturated carbocycles. The molecular weight excluding hydrogens is 1360 g/mol. The summed E-state index contributed by atoms with van der Waals surface area (Å²) < 4.78 is 201.